The van der Waals surface area contributed by atoms with E-state index in [0.717, 1.165) is 11.1 Å². The van der Waals surface area contributed by atoms with Crippen LogP contribution in [0.5, 0.6) is 0 Å². The lowest BCUT2D eigenvalue weighted by molar-refractivity contribution is 0.568. The molecule has 0 aromatic heterocycles. The molecule has 88 valence electrons. The van der Waals surface area contributed by atoms with Crippen molar-refractivity contribution in [3.63, 3.8) is 0 Å². The summed E-state index contributed by atoms with van der Waals surface area (Å²) >= 11 is 0. The fraction of sp³-hybridized carbons (Fsp3) is 0.0769. The van der Waals surface area contributed by atoms with Crippen molar-refractivity contribution >= 4 is 11.4 Å². The zero-order valence-corrected chi connectivity index (χ0v) is 9.43. The second-order valence-electron chi connectivity index (χ2n) is 4.11. The summed E-state index contributed by atoms with van der Waals surface area (Å²) in [6.45, 7) is 0. The van der Waals surface area contributed by atoms with Crippen molar-refractivity contribution < 1.29 is 0 Å². The Morgan fingerprint density at radius 3 is 1.18 bits per heavy atom. The largest absolute Gasteiger partial charge is 0.399 e. The normalized spacial score (nSPS) is 11.4. The van der Waals surface area contributed by atoms with E-state index in [1.165, 1.54) is 0 Å². The first-order valence-corrected chi connectivity index (χ1v) is 5.30. The fourth-order valence-electron chi connectivity index (χ4n) is 1.68. The van der Waals surface area contributed by atoms with Crippen molar-refractivity contribution in [1.29, 1.82) is 0 Å². The molecule has 4 heteroatoms. The number of nitrogens with two attached hydrogens (primary N) is 4. The maximum Gasteiger partial charge on any atom is 0.116 e. The highest BCUT2D eigenvalue weighted by Crippen LogP contribution is 2.23. The van der Waals surface area contributed by atoms with E-state index < -0.39 is 5.66 Å². The number of anilines is 2. The quantitative estimate of drug-likeness (QED) is 0.454. The summed E-state index contributed by atoms with van der Waals surface area (Å²) in [7, 11) is 0. The molecule has 0 bridgehead atoms. The van der Waals surface area contributed by atoms with Crippen LogP contribution < -0.4 is 22.9 Å². The van der Waals surface area contributed by atoms with Gasteiger partial charge in [-0.15, -0.1) is 0 Å². The van der Waals surface area contributed by atoms with Crippen LogP contribution in [-0.4, -0.2) is 0 Å². The zero-order valence-electron chi connectivity index (χ0n) is 9.43. The summed E-state index contributed by atoms with van der Waals surface area (Å²) in [6, 6.07) is 14.4. The molecule has 0 heterocycles. The van der Waals surface area contributed by atoms with Gasteiger partial charge in [0, 0.05) is 11.4 Å². The molecule has 8 N–H and O–H groups in total. The van der Waals surface area contributed by atoms with E-state index in [1.54, 1.807) is 24.3 Å². The first kappa shape index (κ1) is 11.4. The summed E-state index contributed by atoms with van der Waals surface area (Å²) in [6.07, 6.45) is 0. The lowest BCUT2D eigenvalue weighted by Gasteiger charge is -2.26. The van der Waals surface area contributed by atoms with E-state index in [4.69, 9.17) is 22.9 Å². The van der Waals surface area contributed by atoms with Gasteiger partial charge in [-0.2, -0.15) is 0 Å². The van der Waals surface area contributed by atoms with E-state index in [1.807, 2.05) is 24.3 Å². The Labute approximate surface area is 100 Å². The third kappa shape index (κ3) is 2.22. The molecule has 0 aliphatic rings. The third-order valence-electron chi connectivity index (χ3n) is 2.78. The topological polar surface area (TPSA) is 104 Å². The fourth-order valence-corrected chi connectivity index (χ4v) is 1.68. The van der Waals surface area contributed by atoms with Gasteiger partial charge in [0.2, 0.25) is 0 Å². The van der Waals surface area contributed by atoms with Crippen molar-refractivity contribution in [2.45, 2.75) is 5.66 Å². The lowest BCUT2D eigenvalue weighted by Crippen LogP contribution is -2.47. The highest BCUT2D eigenvalue weighted by molar-refractivity contribution is 5.47. The highest BCUT2D eigenvalue weighted by atomic mass is 15.0. The van der Waals surface area contributed by atoms with Gasteiger partial charge in [-0.3, -0.25) is 0 Å². The summed E-state index contributed by atoms with van der Waals surface area (Å²) in [4.78, 5) is 0. The molecule has 0 aliphatic heterocycles. The monoisotopic (exact) mass is 228 g/mol. The predicted molar refractivity (Wildman–Crippen MR) is 70.9 cm³/mol. The van der Waals surface area contributed by atoms with E-state index in [0.29, 0.717) is 11.4 Å². The Hall–Kier alpha value is -2.04. The maximum absolute atomic E-state index is 6.16. The van der Waals surface area contributed by atoms with Gasteiger partial charge in [-0.1, -0.05) is 24.3 Å². The van der Waals surface area contributed by atoms with Gasteiger partial charge < -0.3 is 22.9 Å². The lowest BCUT2D eigenvalue weighted by atomic mass is 9.93. The molecule has 0 saturated heterocycles. The minimum Gasteiger partial charge on any atom is -0.399 e. The van der Waals surface area contributed by atoms with Crippen LogP contribution in [0.1, 0.15) is 11.1 Å². The van der Waals surface area contributed by atoms with Gasteiger partial charge in [0.1, 0.15) is 5.66 Å². The van der Waals surface area contributed by atoms with Gasteiger partial charge in [-0.25, -0.2) is 0 Å². The maximum atomic E-state index is 6.16. The average Bonchev–Trinajstić information content (AvgIpc) is 2.30. The third-order valence-corrected chi connectivity index (χ3v) is 2.78. The molecule has 2 rings (SSSR count). The Balaban J connectivity index is 2.41. The predicted octanol–water partition coefficient (Wildman–Crippen LogP) is 0.970. The molecule has 2 aromatic carbocycles. The number of rotatable bonds is 2. The van der Waals surface area contributed by atoms with Crippen LogP contribution in [0.3, 0.4) is 0 Å². The first-order chi connectivity index (χ1) is 8.00. The van der Waals surface area contributed by atoms with Gasteiger partial charge in [0.05, 0.1) is 0 Å². The Kier molecular flexibility index (Phi) is 2.75. The SMILES string of the molecule is Nc1ccc(C(N)(N)c2ccc(N)cc2)cc1. The van der Waals surface area contributed by atoms with Crippen LogP contribution in [-0.2, 0) is 5.66 Å². The van der Waals surface area contributed by atoms with Crippen LogP contribution >= 0.6 is 0 Å². The van der Waals surface area contributed by atoms with Crippen molar-refractivity contribution in [3.8, 4) is 0 Å². The molecule has 0 radical (unpaired) electrons. The van der Waals surface area contributed by atoms with Gasteiger partial charge >= 0.3 is 0 Å². The number of hydrogen-bond acceptors (Lipinski definition) is 4. The standard InChI is InChI=1S/C13H16N4/c14-11-5-1-9(2-6-11)13(16,17)10-3-7-12(15)8-4-10/h1-8H,14-17H2. The Bertz CT molecular complexity index is 452. The Morgan fingerprint density at radius 2 is 0.882 bits per heavy atom. The minimum atomic E-state index is -1.04. The van der Waals surface area contributed by atoms with Crippen molar-refractivity contribution in [1.82, 2.24) is 0 Å². The van der Waals surface area contributed by atoms with Crippen molar-refractivity contribution in [2.75, 3.05) is 11.5 Å². The minimum absolute atomic E-state index is 0.682. The van der Waals surface area contributed by atoms with E-state index in [9.17, 15) is 0 Å². The molecular weight excluding hydrogens is 212 g/mol. The molecule has 0 fully saturated rings. The van der Waals surface area contributed by atoms with Gasteiger partial charge in [-0.05, 0) is 35.4 Å². The summed E-state index contributed by atoms with van der Waals surface area (Å²) in [5.74, 6) is 0. The van der Waals surface area contributed by atoms with Crippen LogP contribution in [0.4, 0.5) is 11.4 Å². The van der Waals surface area contributed by atoms with Gasteiger partial charge in [0.25, 0.3) is 0 Å². The molecule has 17 heavy (non-hydrogen) atoms. The smallest absolute Gasteiger partial charge is 0.116 e. The van der Waals surface area contributed by atoms with Crippen LogP contribution in [0.15, 0.2) is 48.5 Å². The first-order valence-electron chi connectivity index (χ1n) is 5.30. The molecule has 0 aliphatic carbocycles. The molecule has 0 saturated carbocycles. The number of benzene rings is 2. The molecule has 0 amide bonds. The zero-order chi connectivity index (χ0) is 12.5. The summed E-state index contributed by atoms with van der Waals surface area (Å²) < 4.78 is 0. The van der Waals surface area contributed by atoms with Crippen LogP contribution in [0, 0.1) is 0 Å². The molecular formula is C13H16N4. The van der Waals surface area contributed by atoms with E-state index in [2.05, 4.69) is 0 Å². The molecule has 4 nitrogen and oxygen atoms in total. The molecule has 0 spiro atoms. The second-order valence-corrected chi connectivity index (χ2v) is 4.11. The van der Waals surface area contributed by atoms with Crippen molar-refractivity contribution in [2.24, 2.45) is 11.5 Å². The molecule has 0 atom stereocenters. The van der Waals surface area contributed by atoms with Crippen LogP contribution in [0.25, 0.3) is 0 Å². The van der Waals surface area contributed by atoms with Gasteiger partial charge in [0.15, 0.2) is 0 Å². The van der Waals surface area contributed by atoms with Crippen LogP contribution in [0.2, 0.25) is 0 Å². The molecule has 0 unspecified atom stereocenters. The summed E-state index contributed by atoms with van der Waals surface area (Å²) in [5.41, 5.74) is 25.5. The number of nitrogen functional groups attached to an aromatic ring is 2. The molecule has 2 aromatic rings. The number of hydrogen-bond donors (Lipinski definition) is 4. The van der Waals surface area contributed by atoms with E-state index in [-0.39, 0.29) is 0 Å². The average molecular weight is 228 g/mol. The van der Waals surface area contributed by atoms with E-state index >= 15 is 0 Å². The summed E-state index contributed by atoms with van der Waals surface area (Å²) in [5, 5.41) is 0. The highest BCUT2D eigenvalue weighted by Gasteiger charge is 2.23. The Morgan fingerprint density at radius 1 is 0.588 bits per heavy atom. The second kappa shape index (κ2) is 4.08. The van der Waals surface area contributed by atoms with Crippen molar-refractivity contribution in [3.05, 3.63) is 59.7 Å².